The van der Waals surface area contributed by atoms with Gasteiger partial charge in [-0.1, -0.05) is 30.3 Å². The fourth-order valence-electron chi connectivity index (χ4n) is 4.74. The van der Waals surface area contributed by atoms with Crippen molar-refractivity contribution >= 4 is 12.0 Å². The summed E-state index contributed by atoms with van der Waals surface area (Å²) < 4.78 is 19.4. The van der Waals surface area contributed by atoms with Crippen molar-refractivity contribution in [1.29, 1.82) is 0 Å². The predicted octanol–water partition coefficient (Wildman–Crippen LogP) is 3.56. The third kappa shape index (κ3) is 5.71. The number of nitrogens with zero attached hydrogens (tertiary/aromatic N) is 4. The second-order valence-electron chi connectivity index (χ2n) is 8.92. The maximum Gasteiger partial charge on any atom is 0.346 e. The van der Waals surface area contributed by atoms with Gasteiger partial charge in [0.25, 0.3) is 0 Å². The van der Waals surface area contributed by atoms with Gasteiger partial charge >= 0.3 is 5.69 Å². The molecule has 1 aliphatic heterocycles. The van der Waals surface area contributed by atoms with E-state index in [1.165, 1.54) is 0 Å². The molecule has 196 valence electrons. The summed E-state index contributed by atoms with van der Waals surface area (Å²) >= 11 is 0. The standard InChI is InChI=1S/C28H34N4O5/c1-5-31-27(29-32(28(31)34)19-20-9-7-6-8-10-20)22-13-15-30(16-14-22)25(33)12-11-21-17-23(35-2)26(37-4)24(18-21)36-3/h6-12,17-18,22H,5,13-16,19H2,1-4H3/b12-11+. The predicted molar refractivity (Wildman–Crippen MR) is 141 cm³/mol. The zero-order valence-electron chi connectivity index (χ0n) is 21.8. The second-order valence-corrected chi connectivity index (χ2v) is 8.92. The van der Waals surface area contributed by atoms with Crippen LogP contribution in [0.1, 0.15) is 42.6 Å². The van der Waals surface area contributed by atoms with Gasteiger partial charge in [-0.25, -0.2) is 9.48 Å². The largest absolute Gasteiger partial charge is 0.493 e. The average molecular weight is 507 g/mol. The number of rotatable bonds is 9. The molecule has 1 aliphatic rings. The van der Waals surface area contributed by atoms with Crippen LogP contribution >= 0.6 is 0 Å². The van der Waals surface area contributed by atoms with E-state index in [-0.39, 0.29) is 17.5 Å². The lowest BCUT2D eigenvalue weighted by Crippen LogP contribution is -2.37. The number of methoxy groups -OCH3 is 3. The first-order valence-corrected chi connectivity index (χ1v) is 12.5. The van der Waals surface area contributed by atoms with Gasteiger partial charge in [0.05, 0.1) is 27.9 Å². The van der Waals surface area contributed by atoms with E-state index in [1.54, 1.807) is 54.9 Å². The van der Waals surface area contributed by atoms with Crippen molar-refractivity contribution in [1.82, 2.24) is 19.2 Å². The molecule has 3 aromatic rings. The minimum absolute atomic E-state index is 0.0605. The van der Waals surface area contributed by atoms with E-state index in [0.717, 1.165) is 29.8 Å². The molecule has 0 radical (unpaired) electrons. The van der Waals surface area contributed by atoms with Gasteiger partial charge in [0.15, 0.2) is 11.5 Å². The molecular weight excluding hydrogens is 472 g/mol. The van der Waals surface area contributed by atoms with Crippen LogP contribution in [-0.2, 0) is 17.9 Å². The summed E-state index contributed by atoms with van der Waals surface area (Å²) in [6.07, 6.45) is 4.83. The number of hydrogen-bond donors (Lipinski definition) is 0. The fraction of sp³-hybridized carbons (Fsp3) is 0.393. The van der Waals surface area contributed by atoms with Crippen LogP contribution in [0.5, 0.6) is 17.2 Å². The normalized spacial score (nSPS) is 14.2. The molecule has 0 bridgehead atoms. The zero-order chi connectivity index (χ0) is 26.4. The van der Waals surface area contributed by atoms with E-state index in [9.17, 15) is 9.59 Å². The Labute approximate surface area is 216 Å². The number of aromatic nitrogens is 3. The van der Waals surface area contributed by atoms with Gasteiger partial charge in [-0.15, -0.1) is 0 Å². The van der Waals surface area contributed by atoms with Gasteiger partial charge in [0.2, 0.25) is 11.7 Å². The van der Waals surface area contributed by atoms with Gasteiger partial charge in [-0.3, -0.25) is 9.36 Å². The molecule has 4 rings (SSSR count). The SMILES string of the molecule is CCn1c(C2CCN(C(=O)/C=C/c3cc(OC)c(OC)c(OC)c3)CC2)nn(Cc2ccccc2)c1=O. The maximum absolute atomic E-state index is 13.0. The number of likely N-dealkylation sites (tertiary alicyclic amines) is 1. The summed E-state index contributed by atoms with van der Waals surface area (Å²) in [4.78, 5) is 27.7. The van der Waals surface area contributed by atoms with E-state index in [2.05, 4.69) is 0 Å². The van der Waals surface area contributed by atoms with Crippen LogP contribution in [0.25, 0.3) is 6.08 Å². The lowest BCUT2D eigenvalue weighted by molar-refractivity contribution is -0.127. The summed E-state index contributed by atoms with van der Waals surface area (Å²) in [7, 11) is 4.67. The minimum atomic E-state index is -0.0897. The first-order chi connectivity index (χ1) is 18.0. The molecule has 37 heavy (non-hydrogen) atoms. The van der Waals surface area contributed by atoms with Crippen molar-refractivity contribution in [2.45, 2.75) is 38.8 Å². The molecule has 2 heterocycles. The number of amides is 1. The maximum atomic E-state index is 13.0. The molecule has 1 amide bonds. The Morgan fingerprint density at radius 1 is 1.03 bits per heavy atom. The first-order valence-electron chi connectivity index (χ1n) is 12.5. The molecule has 0 atom stereocenters. The number of piperidine rings is 1. The molecule has 9 heteroatoms. The number of benzene rings is 2. The van der Waals surface area contributed by atoms with Gasteiger partial charge in [0, 0.05) is 31.6 Å². The lowest BCUT2D eigenvalue weighted by atomic mass is 9.95. The quantitative estimate of drug-likeness (QED) is 0.413. The topological polar surface area (TPSA) is 87.8 Å². The van der Waals surface area contributed by atoms with Crippen molar-refractivity contribution in [3.63, 3.8) is 0 Å². The van der Waals surface area contributed by atoms with E-state index in [1.807, 2.05) is 42.2 Å². The van der Waals surface area contributed by atoms with Crippen LogP contribution in [0.3, 0.4) is 0 Å². The van der Waals surface area contributed by atoms with Crippen LogP contribution < -0.4 is 19.9 Å². The Morgan fingerprint density at radius 2 is 1.68 bits per heavy atom. The Hall–Kier alpha value is -4.01. The Kier molecular flexibility index (Phi) is 8.32. The smallest absolute Gasteiger partial charge is 0.346 e. The van der Waals surface area contributed by atoms with E-state index in [4.69, 9.17) is 19.3 Å². The zero-order valence-corrected chi connectivity index (χ0v) is 21.8. The Balaban J connectivity index is 1.42. The highest BCUT2D eigenvalue weighted by atomic mass is 16.5. The summed E-state index contributed by atoms with van der Waals surface area (Å²) in [6, 6.07) is 13.5. The van der Waals surface area contributed by atoms with Crippen LogP contribution in [0.2, 0.25) is 0 Å². The Bertz CT molecular complexity index is 1280. The molecule has 2 aromatic carbocycles. The molecular formula is C28H34N4O5. The van der Waals surface area contributed by atoms with Crippen LogP contribution in [0.15, 0.2) is 53.3 Å². The highest BCUT2D eigenvalue weighted by Gasteiger charge is 2.27. The van der Waals surface area contributed by atoms with Crippen LogP contribution in [0.4, 0.5) is 0 Å². The molecule has 1 saturated heterocycles. The van der Waals surface area contributed by atoms with E-state index < -0.39 is 0 Å². The number of ether oxygens (including phenoxy) is 3. The molecule has 1 fully saturated rings. The molecule has 1 aromatic heterocycles. The van der Waals surface area contributed by atoms with Crippen molar-refractivity contribution < 1.29 is 19.0 Å². The first kappa shape index (κ1) is 26.1. The monoisotopic (exact) mass is 506 g/mol. The summed E-state index contributed by atoms with van der Waals surface area (Å²) in [5.41, 5.74) is 1.72. The van der Waals surface area contributed by atoms with Crippen molar-refractivity contribution in [2.24, 2.45) is 0 Å². The molecule has 0 aliphatic carbocycles. The number of carbonyl (C=O) groups excluding carboxylic acids is 1. The lowest BCUT2D eigenvalue weighted by Gasteiger charge is -2.30. The summed E-state index contributed by atoms with van der Waals surface area (Å²) in [6.45, 7) is 4.19. The second kappa shape index (κ2) is 11.8. The van der Waals surface area contributed by atoms with Gasteiger partial charge in [0.1, 0.15) is 5.82 Å². The summed E-state index contributed by atoms with van der Waals surface area (Å²) in [5, 5.41) is 4.71. The molecule has 9 nitrogen and oxygen atoms in total. The van der Waals surface area contributed by atoms with Gasteiger partial charge in [-0.05, 0) is 49.1 Å². The molecule has 0 spiro atoms. The van der Waals surface area contributed by atoms with Crippen molar-refractivity contribution in [3.8, 4) is 17.2 Å². The molecule has 0 saturated carbocycles. The average Bonchev–Trinajstić information content (AvgIpc) is 3.26. The third-order valence-corrected chi connectivity index (χ3v) is 6.72. The molecule has 0 unspecified atom stereocenters. The highest BCUT2D eigenvalue weighted by molar-refractivity contribution is 5.92. The van der Waals surface area contributed by atoms with Crippen molar-refractivity contribution in [3.05, 3.63) is 76.0 Å². The highest BCUT2D eigenvalue weighted by Crippen LogP contribution is 2.38. The van der Waals surface area contributed by atoms with Gasteiger partial charge < -0.3 is 19.1 Å². The number of carbonyl (C=O) groups is 1. The fourth-order valence-corrected chi connectivity index (χ4v) is 4.74. The minimum Gasteiger partial charge on any atom is -0.493 e. The number of hydrogen-bond acceptors (Lipinski definition) is 6. The van der Waals surface area contributed by atoms with E-state index in [0.29, 0.717) is 43.4 Å². The van der Waals surface area contributed by atoms with E-state index >= 15 is 0 Å². The van der Waals surface area contributed by atoms with Crippen LogP contribution in [0, 0.1) is 0 Å². The summed E-state index contributed by atoms with van der Waals surface area (Å²) in [5.74, 6) is 2.45. The van der Waals surface area contributed by atoms with Crippen molar-refractivity contribution in [2.75, 3.05) is 34.4 Å². The Morgan fingerprint density at radius 3 is 2.24 bits per heavy atom. The van der Waals surface area contributed by atoms with Crippen LogP contribution in [-0.4, -0.2) is 59.6 Å². The molecule has 0 N–H and O–H groups in total. The third-order valence-electron chi connectivity index (χ3n) is 6.72. The van der Waals surface area contributed by atoms with Gasteiger partial charge in [-0.2, -0.15) is 5.10 Å².